The molecule has 1 aromatic heterocycles. The van der Waals surface area contributed by atoms with Crippen molar-refractivity contribution in [3.8, 4) is 0 Å². The maximum absolute atomic E-state index is 11.9. The van der Waals surface area contributed by atoms with Gasteiger partial charge in [0.2, 0.25) is 5.91 Å². The Balaban J connectivity index is 0.00000484. The van der Waals surface area contributed by atoms with E-state index in [1.165, 1.54) is 0 Å². The van der Waals surface area contributed by atoms with Gasteiger partial charge in [0, 0.05) is 32.3 Å². The molecule has 3 N–H and O–H groups in total. The largest absolute Gasteiger partial charge is 0.383 e. The predicted molar refractivity (Wildman–Crippen MR) is 103 cm³/mol. The van der Waals surface area contributed by atoms with Gasteiger partial charge in [-0.05, 0) is 26.0 Å². The Labute approximate surface area is 154 Å². The monoisotopic (exact) mass is 435 g/mol. The molecule has 0 saturated heterocycles. The minimum atomic E-state index is -0.0849. The molecule has 0 bridgehead atoms. The molecule has 23 heavy (non-hydrogen) atoms. The summed E-state index contributed by atoms with van der Waals surface area (Å²) in [6.45, 7) is 6.27. The molecular weight excluding hydrogens is 409 g/mol. The van der Waals surface area contributed by atoms with Crippen molar-refractivity contribution >= 4 is 41.7 Å². The number of guanidine groups is 1. The van der Waals surface area contributed by atoms with Gasteiger partial charge in [0.15, 0.2) is 5.96 Å². The van der Waals surface area contributed by atoms with E-state index in [-0.39, 0.29) is 29.9 Å². The molecule has 0 atom stereocenters. The van der Waals surface area contributed by atoms with Gasteiger partial charge < -0.3 is 20.7 Å². The first-order valence-corrected chi connectivity index (χ1v) is 7.40. The molecule has 0 aromatic carbocycles. The lowest BCUT2D eigenvalue weighted by atomic mass is 10.3. The number of rotatable bonds is 8. The Bertz CT molecular complexity index is 497. The number of aryl methyl sites for hydroxylation is 1. The number of halogens is 1. The van der Waals surface area contributed by atoms with Gasteiger partial charge in [0.05, 0.1) is 13.2 Å². The van der Waals surface area contributed by atoms with Gasteiger partial charge in [0.1, 0.15) is 5.82 Å². The highest BCUT2D eigenvalue weighted by atomic mass is 127. The Kier molecular flexibility index (Phi) is 12.3. The number of nitrogens with one attached hydrogen (secondary N) is 3. The van der Waals surface area contributed by atoms with Crippen LogP contribution in [0.1, 0.15) is 19.0 Å². The van der Waals surface area contributed by atoms with Crippen molar-refractivity contribution in [3.63, 3.8) is 0 Å². The summed E-state index contributed by atoms with van der Waals surface area (Å²) in [5.74, 6) is 1.17. The van der Waals surface area contributed by atoms with E-state index in [9.17, 15) is 4.79 Å². The third-order valence-corrected chi connectivity index (χ3v) is 2.71. The van der Waals surface area contributed by atoms with E-state index in [0.29, 0.717) is 37.9 Å². The Morgan fingerprint density at radius 1 is 1.35 bits per heavy atom. The number of aliphatic imine (C=N–C) groups is 1. The van der Waals surface area contributed by atoms with E-state index in [1.54, 1.807) is 13.2 Å². The van der Waals surface area contributed by atoms with Crippen LogP contribution < -0.4 is 16.0 Å². The third-order valence-electron chi connectivity index (χ3n) is 2.71. The Morgan fingerprint density at radius 3 is 2.78 bits per heavy atom. The van der Waals surface area contributed by atoms with Gasteiger partial charge in [-0.25, -0.2) is 4.98 Å². The fraction of sp³-hybridized carbons (Fsp3) is 0.533. The quantitative estimate of drug-likeness (QED) is 0.250. The van der Waals surface area contributed by atoms with Crippen LogP contribution in [0.15, 0.2) is 23.2 Å². The highest BCUT2D eigenvalue weighted by molar-refractivity contribution is 14.0. The van der Waals surface area contributed by atoms with Crippen LogP contribution in [0.25, 0.3) is 0 Å². The fourth-order valence-corrected chi connectivity index (χ4v) is 1.70. The molecule has 0 spiro atoms. The number of hydrogen-bond acceptors (Lipinski definition) is 4. The van der Waals surface area contributed by atoms with Crippen LogP contribution in [-0.4, -0.2) is 50.2 Å². The summed E-state index contributed by atoms with van der Waals surface area (Å²) in [7, 11) is 1.64. The molecule has 0 aliphatic carbocycles. The lowest BCUT2D eigenvalue weighted by Gasteiger charge is -2.11. The van der Waals surface area contributed by atoms with Crippen molar-refractivity contribution in [1.82, 2.24) is 15.6 Å². The molecule has 1 rings (SSSR count). The zero-order valence-corrected chi connectivity index (χ0v) is 16.2. The lowest BCUT2D eigenvalue weighted by molar-refractivity contribution is -0.116. The van der Waals surface area contributed by atoms with Gasteiger partial charge in [-0.2, -0.15) is 0 Å². The highest BCUT2D eigenvalue weighted by Crippen LogP contribution is 2.03. The van der Waals surface area contributed by atoms with Crippen molar-refractivity contribution < 1.29 is 9.53 Å². The van der Waals surface area contributed by atoms with Crippen LogP contribution in [0.2, 0.25) is 0 Å². The molecule has 1 aromatic rings. The number of nitrogens with zero attached hydrogens (tertiary/aromatic N) is 2. The molecule has 130 valence electrons. The zero-order valence-electron chi connectivity index (χ0n) is 13.9. The number of pyridine rings is 1. The average molecular weight is 435 g/mol. The number of methoxy groups -OCH3 is 1. The van der Waals surface area contributed by atoms with Gasteiger partial charge in [-0.15, -0.1) is 24.0 Å². The second kappa shape index (κ2) is 13.1. The standard InChI is InChI=1S/C15H25N5O2.HI/c1-4-16-15(18-10-11-22-3)17-9-8-14(21)20-13-7-5-6-12(2)19-13;/h5-7H,4,8-11H2,1-3H3,(H2,16,17,18)(H,19,20,21);1H. The van der Waals surface area contributed by atoms with Crippen LogP contribution in [0.4, 0.5) is 5.82 Å². The minimum Gasteiger partial charge on any atom is -0.383 e. The number of hydrogen-bond donors (Lipinski definition) is 3. The fourth-order valence-electron chi connectivity index (χ4n) is 1.70. The second-order valence-electron chi connectivity index (χ2n) is 4.64. The first-order valence-electron chi connectivity index (χ1n) is 7.40. The molecule has 1 amide bonds. The number of anilines is 1. The third kappa shape index (κ3) is 10.1. The Morgan fingerprint density at radius 2 is 2.13 bits per heavy atom. The first-order chi connectivity index (χ1) is 10.7. The van der Waals surface area contributed by atoms with Crippen molar-refractivity contribution in [1.29, 1.82) is 0 Å². The van der Waals surface area contributed by atoms with E-state index in [0.717, 1.165) is 12.2 Å². The maximum Gasteiger partial charge on any atom is 0.227 e. The zero-order chi connectivity index (χ0) is 16.2. The summed E-state index contributed by atoms with van der Waals surface area (Å²) < 4.78 is 4.96. The van der Waals surface area contributed by atoms with Crippen molar-refractivity contribution in [3.05, 3.63) is 23.9 Å². The Hall–Kier alpha value is -1.42. The smallest absolute Gasteiger partial charge is 0.227 e. The second-order valence-corrected chi connectivity index (χ2v) is 4.64. The number of aromatic nitrogens is 1. The molecule has 0 saturated carbocycles. The molecular formula is C15H26IN5O2. The van der Waals surface area contributed by atoms with Crippen molar-refractivity contribution in [2.24, 2.45) is 4.99 Å². The minimum absolute atomic E-state index is 0. The van der Waals surface area contributed by atoms with E-state index >= 15 is 0 Å². The molecule has 8 heteroatoms. The summed E-state index contributed by atoms with van der Waals surface area (Å²) >= 11 is 0. The van der Waals surface area contributed by atoms with E-state index in [1.807, 2.05) is 26.0 Å². The lowest BCUT2D eigenvalue weighted by Crippen LogP contribution is -2.39. The molecule has 7 nitrogen and oxygen atoms in total. The molecule has 0 radical (unpaired) electrons. The number of amides is 1. The molecule has 0 fully saturated rings. The summed E-state index contributed by atoms with van der Waals surface area (Å²) in [4.78, 5) is 20.4. The average Bonchev–Trinajstić information content (AvgIpc) is 2.47. The summed E-state index contributed by atoms with van der Waals surface area (Å²) in [5, 5.41) is 8.99. The van der Waals surface area contributed by atoms with Crippen LogP contribution in [0, 0.1) is 6.92 Å². The number of carbonyl (C=O) groups is 1. The van der Waals surface area contributed by atoms with Crippen molar-refractivity contribution in [2.75, 3.05) is 38.7 Å². The van der Waals surface area contributed by atoms with Gasteiger partial charge in [-0.3, -0.25) is 9.79 Å². The predicted octanol–water partition coefficient (Wildman–Crippen LogP) is 1.54. The molecule has 0 aliphatic rings. The van der Waals surface area contributed by atoms with Crippen molar-refractivity contribution in [2.45, 2.75) is 20.3 Å². The number of carbonyl (C=O) groups excluding carboxylic acids is 1. The molecule has 0 aliphatic heterocycles. The van der Waals surface area contributed by atoms with Crippen LogP contribution >= 0.6 is 24.0 Å². The van der Waals surface area contributed by atoms with E-state index in [4.69, 9.17) is 4.74 Å². The SMILES string of the molecule is CCNC(=NCCOC)NCCC(=O)Nc1cccc(C)n1.I. The van der Waals surface area contributed by atoms with Gasteiger partial charge in [0.25, 0.3) is 0 Å². The molecule has 1 heterocycles. The highest BCUT2D eigenvalue weighted by Gasteiger charge is 2.04. The summed E-state index contributed by atoms with van der Waals surface area (Å²) in [6, 6.07) is 5.52. The summed E-state index contributed by atoms with van der Waals surface area (Å²) in [6.07, 6.45) is 0.338. The van der Waals surface area contributed by atoms with Gasteiger partial charge >= 0.3 is 0 Å². The first kappa shape index (κ1) is 21.6. The number of ether oxygens (including phenoxy) is 1. The normalized spacial score (nSPS) is 10.7. The van der Waals surface area contributed by atoms with Crippen LogP contribution in [-0.2, 0) is 9.53 Å². The van der Waals surface area contributed by atoms with Gasteiger partial charge in [-0.1, -0.05) is 6.07 Å². The molecule has 0 unspecified atom stereocenters. The van der Waals surface area contributed by atoms with E-state index in [2.05, 4.69) is 25.9 Å². The summed E-state index contributed by atoms with van der Waals surface area (Å²) in [5.41, 5.74) is 0.871. The van der Waals surface area contributed by atoms with Crippen LogP contribution in [0.5, 0.6) is 0 Å². The van der Waals surface area contributed by atoms with E-state index < -0.39 is 0 Å². The van der Waals surface area contributed by atoms with Crippen LogP contribution in [0.3, 0.4) is 0 Å². The topological polar surface area (TPSA) is 87.6 Å². The maximum atomic E-state index is 11.9.